The Morgan fingerprint density at radius 3 is 2.56 bits per heavy atom. The van der Waals surface area contributed by atoms with E-state index in [-0.39, 0.29) is 29.9 Å². The van der Waals surface area contributed by atoms with Crippen molar-refractivity contribution in [1.82, 2.24) is 10.2 Å². The molecular weight excluding hydrogens is 452 g/mol. The number of nitrogens with zero attached hydrogens (tertiary/aromatic N) is 2. The van der Waals surface area contributed by atoms with E-state index in [9.17, 15) is 9.59 Å². The third kappa shape index (κ3) is 4.19. The van der Waals surface area contributed by atoms with Crippen molar-refractivity contribution in [2.75, 3.05) is 7.11 Å². The number of nitrogens with two attached hydrogens (primary N) is 1. The van der Waals surface area contributed by atoms with Gasteiger partial charge in [0.15, 0.2) is 5.96 Å². The summed E-state index contributed by atoms with van der Waals surface area (Å²) < 4.78 is 5.86. The quantitative estimate of drug-likeness (QED) is 0.636. The number of nitrogens with one attached hydrogen (secondary N) is 1. The fourth-order valence-corrected chi connectivity index (χ4v) is 6.18. The summed E-state index contributed by atoms with van der Waals surface area (Å²) in [7, 11) is 1.67. The lowest BCUT2D eigenvalue weighted by molar-refractivity contribution is -0.134. The number of aryl methyl sites for hydroxylation is 2. The molecule has 2 aromatic rings. The highest BCUT2D eigenvalue weighted by Crippen LogP contribution is 2.40. The standard InChI is InChI=1S/C29H36N4O3/c1-4-29(5-2)17-25(34)33(28(30)32-29)26-22-16-20(11-10-19(22)13-15-24(26)36-3)27(35)31-23-14-12-18-8-6-7-9-21(18)23/h6-11,16,23-24,26H,4-5,12-15,17H2,1-3H3,(H2,30,32)(H,31,35)/t23-,24-,26-/m0/s1. The lowest BCUT2D eigenvalue weighted by Gasteiger charge is -2.44. The van der Waals surface area contributed by atoms with Crippen molar-refractivity contribution in [1.29, 1.82) is 0 Å². The Kier molecular flexibility index (Phi) is 6.60. The van der Waals surface area contributed by atoms with Gasteiger partial charge in [0.1, 0.15) is 0 Å². The Bertz CT molecular complexity index is 1200. The highest BCUT2D eigenvalue weighted by atomic mass is 16.5. The minimum Gasteiger partial charge on any atom is -0.379 e. The van der Waals surface area contributed by atoms with E-state index >= 15 is 0 Å². The molecule has 3 atom stereocenters. The Morgan fingerprint density at radius 2 is 1.83 bits per heavy atom. The van der Waals surface area contributed by atoms with Crippen molar-refractivity contribution in [2.45, 2.75) is 82.5 Å². The molecular formula is C29H36N4O3. The van der Waals surface area contributed by atoms with Crippen LogP contribution in [0.4, 0.5) is 0 Å². The number of aliphatic imine (C=N–C) groups is 1. The van der Waals surface area contributed by atoms with E-state index in [0.29, 0.717) is 12.0 Å². The summed E-state index contributed by atoms with van der Waals surface area (Å²) in [5.41, 5.74) is 11.1. The topological polar surface area (TPSA) is 97.0 Å². The number of methoxy groups -OCH3 is 1. The monoisotopic (exact) mass is 488 g/mol. The fraction of sp³-hybridized carbons (Fsp3) is 0.483. The Balaban J connectivity index is 1.47. The van der Waals surface area contributed by atoms with Crippen LogP contribution < -0.4 is 11.1 Å². The van der Waals surface area contributed by atoms with Crippen LogP contribution in [0.15, 0.2) is 47.5 Å². The molecule has 1 aliphatic heterocycles. The van der Waals surface area contributed by atoms with Crippen molar-refractivity contribution in [3.8, 4) is 0 Å². The first-order valence-corrected chi connectivity index (χ1v) is 13.1. The van der Waals surface area contributed by atoms with Crippen LogP contribution in [0, 0.1) is 0 Å². The number of guanidine groups is 1. The maximum atomic E-state index is 13.5. The van der Waals surface area contributed by atoms with Crippen molar-refractivity contribution >= 4 is 17.8 Å². The largest absolute Gasteiger partial charge is 0.379 e. The van der Waals surface area contributed by atoms with Gasteiger partial charge in [0.25, 0.3) is 5.91 Å². The predicted molar refractivity (Wildman–Crippen MR) is 140 cm³/mol. The van der Waals surface area contributed by atoms with Crippen LogP contribution in [-0.2, 0) is 22.4 Å². The van der Waals surface area contributed by atoms with Gasteiger partial charge in [-0.05, 0) is 72.9 Å². The summed E-state index contributed by atoms with van der Waals surface area (Å²) in [6, 6.07) is 13.7. The molecule has 0 fully saturated rings. The third-order valence-electron chi connectivity index (χ3n) is 8.46. The number of ether oxygens (including phenoxy) is 1. The number of rotatable bonds is 6. The number of benzene rings is 2. The summed E-state index contributed by atoms with van der Waals surface area (Å²) >= 11 is 0. The van der Waals surface area contributed by atoms with Crippen LogP contribution in [0.2, 0.25) is 0 Å². The third-order valence-corrected chi connectivity index (χ3v) is 8.46. The fourth-order valence-electron chi connectivity index (χ4n) is 6.18. The summed E-state index contributed by atoms with van der Waals surface area (Å²) in [5.74, 6) is 0.0937. The average molecular weight is 489 g/mol. The molecule has 7 nitrogen and oxygen atoms in total. The molecule has 0 unspecified atom stereocenters. The first-order valence-electron chi connectivity index (χ1n) is 13.1. The number of hydrogen-bond donors (Lipinski definition) is 2. The van der Waals surface area contributed by atoms with E-state index < -0.39 is 11.6 Å². The molecule has 5 rings (SSSR count). The zero-order valence-corrected chi connectivity index (χ0v) is 21.4. The molecule has 0 saturated heterocycles. The molecule has 3 aliphatic rings. The summed E-state index contributed by atoms with van der Waals surface area (Å²) in [6.45, 7) is 4.09. The summed E-state index contributed by atoms with van der Waals surface area (Å²) in [6.07, 6.45) is 5.06. The normalized spacial score (nSPS) is 24.6. The van der Waals surface area contributed by atoms with Gasteiger partial charge in [-0.2, -0.15) is 0 Å². The maximum Gasteiger partial charge on any atom is 0.251 e. The number of carbonyl (C=O) groups is 2. The number of amides is 2. The minimum absolute atomic E-state index is 0.00918. The molecule has 3 N–H and O–H groups in total. The van der Waals surface area contributed by atoms with E-state index in [4.69, 9.17) is 15.5 Å². The molecule has 0 saturated carbocycles. The molecule has 190 valence electrons. The van der Waals surface area contributed by atoms with Gasteiger partial charge in [-0.1, -0.05) is 44.2 Å². The van der Waals surface area contributed by atoms with Crippen LogP contribution in [0.3, 0.4) is 0 Å². The van der Waals surface area contributed by atoms with Crippen LogP contribution in [0.1, 0.15) is 90.6 Å². The number of carbonyl (C=O) groups excluding carboxylic acids is 2. The average Bonchev–Trinajstić information content (AvgIpc) is 3.30. The highest BCUT2D eigenvalue weighted by molar-refractivity contribution is 6.00. The first kappa shape index (κ1) is 24.5. The molecule has 2 aliphatic carbocycles. The SMILES string of the molecule is CCC1(CC)CC(=O)N([C@H]2c3cc(C(=O)N[C@H]4CCc5ccccc54)ccc3CC[C@@H]2OC)C(N)=N1. The lowest BCUT2D eigenvalue weighted by atomic mass is 9.82. The van der Waals surface area contributed by atoms with E-state index in [0.717, 1.165) is 49.7 Å². The first-order chi connectivity index (χ1) is 17.4. The van der Waals surface area contributed by atoms with Crippen molar-refractivity contribution in [3.05, 3.63) is 70.3 Å². The summed E-state index contributed by atoms with van der Waals surface area (Å²) in [4.78, 5) is 33.3. The molecule has 0 bridgehead atoms. The zero-order chi connectivity index (χ0) is 25.4. The number of hydrogen-bond acceptors (Lipinski definition) is 5. The van der Waals surface area contributed by atoms with Gasteiger partial charge in [-0.25, -0.2) is 4.99 Å². The number of fused-ring (bicyclic) bond motifs is 2. The van der Waals surface area contributed by atoms with E-state index in [1.807, 2.05) is 44.2 Å². The van der Waals surface area contributed by atoms with Crippen molar-refractivity contribution in [2.24, 2.45) is 10.7 Å². The van der Waals surface area contributed by atoms with Crippen LogP contribution in [0.25, 0.3) is 0 Å². The van der Waals surface area contributed by atoms with Gasteiger partial charge in [0.2, 0.25) is 5.91 Å². The van der Waals surface area contributed by atoms with Gasteiger partial charge < -0.3 is 15.8 Å². The highest BCUT2D eigenvalue weighted by Gasteiger charge is 2.44. The molecule has 1 heterocycles. The Labute approximate surface area is 213 Å². The van der Waals surface area contributed by atoms with Gasteiger partial charge >= 0.3 is 0 Å². The van der Waals surface area contributed by atoms with Crippen LogP contribution >= 0.6 is 0 Å². The molecule has 0 spiro atoms. The second-order valence-corrected chi connectivity index (χ2v) is 10.3. The molecule has 0 aromatic heterocycles. The molecule has 0 radical (unpaired) electrons. The van der Waals surface area contributed by atoms with E-state index in [1.165, 1.54) is 11.1 Å². The molecule has 2 amide bonds. The minimum atomic E-state index is -0.447. The van der Waals surface area contributed by atoms with Gasteiger partial charge in [0, 0.05) is 12.7 Å². The predicted octanol–water partition coefficient (Wildman–Crippen LogP) is 4.21. The smallest absolute Gasteiger partial charge is 0.251 e. The molecule has 2 aromatic carbocycles. The Morgan fingerprint density at radius 1 is 1.11 bits per heavy atom. The van der Waals surface area contributed by atoms with E-state index in [1.54, 1.807) is 12.0 Å². The molecule has 7 heteroatoms. The van der Waals surface area contributed by atoms with Gasteiger partial charge in [-0.3, -0.25) is 14.5 Å². The second-order valence-electron chi connectivity index (χ2n) is 10.3. The van der Waals surface area contributed by atoms with E-state index in [2.05, 4.69) is 17.4 Å². The van der Waals surface area contributed by atoms with Gasteiger partial charge in [0.05, 0.1) is 30.1 Å². The van der Waals surface area contributed by atoms with Crippen molar-refractivity contribution < 1.29 is 14.3 Å². The van der Waals surface area contributed by atoms with Gasteiger partial charge in [-0.15, -0.1) is 0 Å². The molecule has 36 heavy (non-hydrogen) atoms. The van der Waals surface area contributed by atoms with Crippen molar-refractivity contribution in [3.63, 3.8) is 0 Å². The summed E-state index contributed by atoms with van der Waals surface area (Å²) in [5, 5.41) is 3.22. The van der Waals surface area contributed by atoms with Crippen LogP contribution in [-0.4, -0.2) is 41.4 Å². The lowest BCUT2D eigenvalue weighted by Crippen LogP contribution is -2.55. The van der Waals surface area contributed by atoms with Crippen LogP contribution in [0.5, 0.6) is 0 Å². The Hall–Kier alpha value is -3.19. The maximum absolute atomic E-state index is 13.5. The zero-order valence-electron chi connectivity index (χ0n) is 21.4. The second kappa shape index (κ2) is 9.69.